The fourth-order valence-corrected chi connectivity index (χ4v) is 3.04. The number of amides is 2. The normalized spacial score (nSPS) is 14.8. The average Bonchev–Trinajstić information content (AvgIpc) is 2.66. The van der Waals surface area contributed by atoms with Gasteiger partial charge in [0.25, 0.3) is 0 Å². The Morgan fingerprint density at radius 3 is 2.48 bits per heavy atom. The molecule has 2 aromatic rings. The van der Waals surface area contributed by atoms with E-state index in [0.29, 0.717) is 18.8 Å². The highest BCUT2D eigenvalue weighted by Crippen LogP contribution is 2.21. The maximum absolute atomic E-state index is 13.2. The molecule has 1 N–H and O–H groups in total. The van der Waals surface area contributed by atoms with Crippen LogP contribution in [0.1, 0.15) is 21.6 Å². The molecule has 1 fully saturated rings. The lowest BCUT2D eigenvalue weighted by Crippen LogP contribution is -2.52. The van der Waals surface area contributed by atoms with E-state index in [-0.39, 0.29) is 18.1 Å². The number of aromatic carboxylic acids is 1. The van der Waals surface area contributed by atoms with E-state index in [4.69, 9.17) is 5.11 Å². The SMILES string of the molecule is Cc1cccc(N(Cc2ccc(C(=O)O)cn2)C(=O)N2CCN(C)CC2)c1. The molecule has 142 valence electrons. The number of hydrogen-bond acceptors (Lipinski definition) is 4. The van der Waals surface area contributed by atoms with Gasteiger partial charge in [0.15, 0.2) is 0 Å². The van der Waals surface area contributed by atoms with E-state index in [1.54, 1.807) is 11.0 Å². The Morgan fingerprint density at radius 1 is 1.15 bits per heavy atom. The van der Waals surface area contributed by atoms with Crippen molar-refractivity contribution in [2.45, 2.75) is 13.5 Å². The lowest BCUT2D eigenvalue weighted by atomic mass is 10.2. The van der Waals surface area contributed by atoms with Crippen LogP contribution in [0.15, 0.2) is 42.6 Å². The Hall–Kier alpha value is -2.93. The topological polar surface area (TPSA) is 77.0 Å². The molecule has 0 unspecified atom stereocenters. The zero-order chi connectivity index (χ0) is 19.4. The van der Waals surface area contributed by atoms with Crippen molar-refractivity contribution < 1.29 is 14.7 Å². The van der Waals surface area contributed by atoms with Crippen LogP contribution in [-0.2, 0) is 6.54 Å². The molecule has 0 atom stereocenters. The first-order valence-corrected chi connectivity index (χ1v) is 8.94. The smallest absolute Gasteiger partial charge is 0.337 e. The molecule has 7 heteroatoms. The molecule has 0 radical (unpaired) electrons. The van der Waals surface area contributed by atoms with Crippen molar-refractivity contribution in [3.05, 3.63) is 59.4 Å². The number of rotatable bonds is 4. The number of carbonyl (C=O) groups excluding carboxylic acids is 1. The van der Waals surface area contributed by atoms with Crippen LogP contribution in [0, 0.1) is 6.92 Å². The van der Waals surface area contributed by atoms with Crippen molar-refractivity contribution in [2.75, 3.05) is 38.1 Å². The van der Waals surface area contributed by atoms with Gasteiger partial charge in [0.2, 0.25) is 0 Å². The molecular formula is C20H24N4O3. The van der Waals surface area contributed by atoms with Gasteiger partial charge in [-0.25, -0.2) is 9.59 Å². The highest BCUT2D eigenvalue weighted by Gasteiger charge is 2.25. The van der Waals surface area contributed by atoms with Crippen molar-refractivity contribution in [3.63, 3.8) is 0 Å². The molecule has 7 nitrogen and oxygen atoms in total. The van der Waals surface area contributed by atoms with Crippen LogP contribution in [0.5, 0.6) is 0 Å². The number of aryl methyl sites for hydroxylation is 1. The molecule has 1 aliphatic rings. The van der Waals surface area contributed by atoms with Gasteiger partial charge in [-0.15, -0.1) is 0 Å². The average molecular weight is 368 g/mol. The van der Waals surface area contributed by atoms with E-state index in [1.807, 2.05) is 43.1 Å². The van der Waals surface area contributed by atoms with E-state index < -0.39 is 5.97 Å². The number of anilines is 1. The van der Waals surface area contributed by atoms with E-state index in [0.717, 1.165) is 24.3 Å². The molecule has 1 aromatic carbocycles. The Bertz CT molecular complexity index is 814. The third-order valence-electron chi connectivity index (χ3n) is 4.71. The molecule has 27 heavy (non-hydrogen) atoms. The number of urea groups is 1. The molecule has 1 aromatic heterocycles. The van der Waals surface area contributed by atoms with Gasteiger partial charge < -0.3 is 14.9 Å². The number of piperazine rings is 1. The summed E-state index contributed by atoms with van der Waals surface area (Å²) in [5.74, 6) is -1.02. The summed E-state index contributed by atoms with van der Waals surface area (Å²) in [6.07, 6.45) is 1.33. The number of likely N-dealkylation sites (N-methyl/N-ethyl adjacent to an activating group) is 1. The number of carbonyl (C=O) groups is 2. The van der Waals surface area contributed by atoms with Crippen molar-refractivity contribution in [1.29, 1.82) is 0 Å². The monoisotopic (exact) mass is 368 g/mol. The molecule has 1 saturated heterocycles. The van der Waals surface area contributed by atoms with Crippen LogP contribution in [0.25, 0.3) is 0 Å². The summed E-state index contributed by atoms with van der Waals surface area (Å²) in [5, 5.41) is 9.03. The summed E-state index contributed by atoms with van der Waals surface area (Å²) in [7, 11) is 2.05. The fraction of sp³-hybridized carbons (Fsp3) is 0.350. The molecule has 2 amide bonds. The summed E-state index contributed by atoms with van der Waals surface area (Å²) in [6, 6.07) is 10.9. The van der Waals surface area contributed by atoms with Gasteiger partial charge >= 0.3 is 12.0 Å². The first kappa shape index (κ1) is 18.8. The van der Waals surface area contributed by atoms with Crippen molar-refractivity contribution in [2.24, 2.45) is 0 Å². The molecule has 0 aliphatic carbocycles. The van der Waals surface area contributed by atoms with Crippen LogP contribution in [0.3, 0.4) is 0 Å². The number of aromatic nitrogens is 1. The third kappa shape index (κ3) is 4.62. The van der Waals surface area contributed by atoms with E-state index in [2.05, 4.69) is 9.88 Å². The molecule has 2 heterocycles. The summed E-state index contributed by atoms with van der Waals surface area (Å²) in [5.41, 5.74) is 2.65. The summed E-state index contributed by atoms with van der Waals surface area (Å²) in [4.78, 5) is 34.2. The van der Waals surface area contributed by atoms with Gasteiger partial charge in [0.05, 0.1) is 17.8 Å². The molecular weight excluding hydrogens is 344 g/mol. The fourth-order valence-electron chi connectivity index (χ4n) is 3.04. The molecule has 0 spiro atoms. The van der Waals surface area contributed by atoms with Crippen LogP contribution in [0.2, 0.25) is 0 Å². The van der Waals surface area contributed by atoms with Crippen LogP contribution < -0.4 is 4.90 Å². The second-order valence-corrected chi connectivity index (χ2v) is 6.84. The zero-order valence-electron chi connectivity index (χ0n) is 15.6. The lowest BCUT2D eigenvalue weighted by molar-refractivity contribution is 0.0696. The van der Waals surface area contributed by atoms with Gasteiger partial charge in [-0.1, -0.05) is 12.1 Å². The van der Waals surface area contributed by atoms with Gasteiger partial charge in [0.1, 0.15) is 0 Å². The number of nitrogens with zero attached hydrogens (tertiary/aromatic N) is 4. The molecule has 3 rings (SSSR count). The first-order valence-electron chi connectivity index (χ1n) is 8.94. The third-order valence-corrected chi connectivity index (χ3v) is 4.71. The highest BCUT2D eigenvalue weighted by molar-refractivity contribution is 5.92. The highest BCUT2D eigenvalue weighted by atomic mass is 16.4. The Morgan fingerprint density at radius 2 is 1.89 bits per heavy atom. The minimum atomic E-state index is -1.02. The second-order valence-electron chi connectivity index (χ2n) is 6.84. The Labute approximate surface area is 158 Å². The van der Waals surface area contributed by atoms with Crippen LogP contribution in [-0.4, -0.2) is 65.1 Å². The van der Waals surface area contributed by atoms with Crippen molar-refractivity contribution >= 4 is 17.7 Å². The Balaban J connectivity index is 1.85. The summed E-state index contributed by atoms with van der Waals surface area (Å²) >= 11 is 0. The molecule has 0 bridgehead atoms. The van der Waals surface area contributed by atoms with Gasteiger partial charge in [-0.2, -0.15) is 0 Å². The number of benzene rings is 1. The minimum Gasteiger partial charge on any atom is -0.478 e. The summed E-state index contributed by atoms with van der Waals surface area (Å²) in [6.45, 7) is 5.33. The first-order chi connectivity index (χ1) is 12.9. The minimum absolute atomic E-state index is 0.0576. The Kier molecular flexibility index (Phi) is 5.71. The zero-order valence-corrected chi connectivity index (χ0v) is 15.6. The maximum atomic E-state index is 13.2. The number of carboxylic acids is 1. The molecule has 0 saturated carbocycles. The number of carboxylic acid groups (broad SMARTS) is 1. The number of pyridine rings is 1. The van der Waals surface area contributed by atoms with Gasteiger partial charge in [0, 0.05) is 38.1 Å². The maximum Gasteiger partial charge on any atom is 0.337 e. The summed E-state index contributed by atoms with van der Waals surface area (Å²) < 4.78 is 0. The van der Waals surface area contributed by atoms with E-state index in [1.165, 1.54) is 12.3 Å². The van der Waals surface area contributed by atoms with E-state index in [9.17, 15) is 9.59 Å². The van der Waals surface area contributed by atoms with E-state index >= 15 is 0 Å². The molecule has 1 aliphatic heterocycles. The quantitative estimate of drug-likeness (QED) is 0.897. The van der Waals surface area contributed by atoms with Gasteiger partial charge in [-0.3, -0.25) is 9.88 Å². The van der Waals surface area contributed by atoms with Gasteiger partial charge in [-0.05, 0) is 43.8 Å². The number of hydrogen-bond donors (Lipinski definition) is 1. The van der Waals surface area contributed by atoms with Crippen LogP contribution in [0.4, 0.5) is 10.5 Å². The predicted molar refractivity (Wildman–Crippen MR) is 103 cm³/mol. The lowest BCUT2D eigenvalue weighted by Gasteiger charge is -2.36. The van der Waals surface area contributed by atoms with Crippen LogP contribution >= 0.6 is 0 Å². The second kappa shape index (κ2) is 8.18. The standard InChI is InChI=1S/C20H24N4O3/c1-15-4-3-5-18(12-15)24(20(27)23-10-8-22(2)9-11-23)14-17-7-6-16(13-21-17)19(25)26/h3-7,12-13H,8-11,14H2,1-2H3,(H,25,26). The largest absolute Gasteiger partial charge is 0.478 e. The van der Waals surface area contributed by atoms with Crippen molar-refractivity contribution in [3.8, 4) is 0 Å². The predicted octanol–water partition coefficient (Wildman–Crippen LogP) is 2.46. The van der Waals surface area contributed by atoms with Crippen molar-refractivity contribution in [1.82, 2.24) is 14.8 Å².